The van der Waals surface area contributed by atoms with E-state index in [0.717, 1.165) is 4.90 Å². The van der Waals surface area contributed by atoms with Crippen molar-refractivity contribution in [2.24, 2.45) is 5.92 Å². The average Bonchev–Trinajstić information content (AvgIpc) is 2.67. The summed E-state index contributed by atoms with van der Waals surface area (Å²) in [5.74, 6) is -2.01. The van der Waals surface area contributed by atoms with Gasteiger partial charge in [-0.2, -0.15) is 0 Å². The molecule has 6 heteroatoms. The van der Waals surface area contributed by atoms with Crippen LogP contribution in [0.2, 0.25) is 0 Å². The number of rotatable bonds is 2. The highest BCUT2D eigenvalue weighted by atomic mass is 16.2. The van der Waals surface area contributed by atoms with E-state index in [1.165, 1.54) is 0 Å². The summed E-state index contributed by atoms with van der Waals surface area (Å²) in [5, 5.41) is 2.23. The topological polar surface area (TPSA) is 83.6 Å². The third-order valence-electron chi connectivity index (χ3n) is 3.63. The number of hydrogen-bond donors (Lipinski definition) is 1. The fourth-order valence-corrected chi connectivity index (χ4v) is 2.54. The van der Waals surface area contributed by atoms with Crippen LogP contribution in [0.25, 0.3) is 0 Å². The Balaban J connectivity index is 1.80. The highest BCUT2D eigenvalue weighted by Gasteiger charge is 2.38. The average molecular weight is 272 g/mol. The van der Waals surface area contributed by atoms with Gasteiger partial charge in [0.05, 0.1) is 17.0 Å². The van der Waals surface area contributed by atoms with Crippen LogP contribution in [-0.4, -0.2) is 35.1 Å². The molecule has 102 valence electrons. The van der Waals surface area contributed by atoms with E-state index in [1.54, 1.807) is 24.3 Å². The van der Waals surface area contributed by atoms with Gasteiger partial charge >= 0.3 is 0 Å². The molecule has 1 saturated heterocycles. The molecule has 0 saturated carbocycles. The predicted molar refractivity (Wildman–Crippen MR) is 67.7 cm³/mol. The Morgan fingerprint density at radius 1 is 1.05 bits per heavy atom. The van der Waals surface area contributed by atoms with Crippen LogP contribution in [0.5, 0.6) is 0 Å². The Kier molecular flexibility index (Phi) is 2.85. The number of amides is 4. The van der Waals surface area contributed by atoms with E-state index in [4.69, 9.17) is 0 Å². The number of nitrogens with one attached hydrogen (secondary N) is 1. The Bertz CT molecular complexity index is 603. The molecular formula is C14H12N2O4. The highest BCUT2D eigenvalue weighted by molar-refractivity contribution is 6.21. The largest absolute Gasteiger partial charge is 0.296 e. The van der Waals surface area contributed by atoms with Crippen molar-refractivity contribution in [1.82, 2.24) is 10.2 Å². The molecule has 1 fully saturated rings. The second kappa shape index (κ2) is 4.56. The summed E-state index contributed by atoms with van der Waals surface area (Å²) in [7, 11) is 0. The van der Waals surface area contributed by atoms with Gasteiger partial charge in [0, 0.05) is 13.0 Å². The van der Waals surface area contributed by atoms with Gasteiger partial charge in [0.2, 0.25) is 11.8 Å². The van der Waals surface area contributed by atoms with Gasteiger partial charge in [-0.15, -0.1) is 0 Å². The summed E-state index contributed by atoms with van der Waals surface area (Å²) in [6.45, 7) is 0.0193. The van der Waals surface area contributed by atoms with E-state index < -0.39 is 11.8 Å². The summed E-state index contributed by atoms with van der Waals surface area (Å²) in [6, 6.07) is 6.58. The van der Waals surface area contributed by atoms with E-state index in [0.29, 0.717) is 17.5 Å². The highest BCUT2D eigenvalue weighted by Crippen LogP contribution is 2.25. The number of benzene rings is 1. The first-order valence-corrected chi connectivity index (χ1v) is 6.37. The number of carbonyl (C=O) groups excluding carboxylic acids is 4. The molecule has 0 spiro atoms. The van der Waals surface area contributed by atoms with Gasteiger partial charge in [0.25, 0.3) is 11.8 Å². The first kappa shape index (κ1) is 12.5. The minimum absolute atomic E-state index is 0.0193. The maximum absolute atomic E-state index is 12.2. The van der Waals surface area contributed by atoms with Crippen molar-refractivity contribution in [1.29, 1.82) is 0 Å². The fourth-order valence-electron chi connectivity index (χ4n) is 2.54. The summed E-state index contributed by atoms with van der Waals surface area (Å²) < 4.78 is 0. The van der Waals surface area contributed by atoms with Crippen LogP contribution in [0, 0.1) is 5.92 Å². The molecule has 0 aromatic heterocycles. The van der Waals surface area contributed by atoms with E-state index >= 15 is 0 Å². The molecular weight excluding hydrogens is 260 g/mol. The second-order valence-electron chi connectivity index (χ2n) is 4.91. The minimum atomic E-state index is -0.519. The lowest BCUT2D eigenvalue weighted by Crippen LogP contribution is -2.46. The molecule has 1 atom stereocenters. The van der Waals surface area contributed by atoms with Crippen LogP contribution in [0.3, 0.4) is 0 Å². The Morgan fingerprint density at radius 2 is 1.65 bits per heavy atom. The maximum atomic E-state index is 12.2. The molecule has 2 aliphatic rings. The molecule has 1 aromatic carbocycles. The van der Waals surface area contributed by atoms with Crippen LogP contribution < -0.4 is 5.32 Å². The fraction of sp³-hybridized carbons (Fsp3) is 0.286. The van der Waals surface area contributed by atoms with Crippen molar-refractivity contribution < 1.29 is 19.2 Å². The number of carbonyl (C=O) groups is 4. The lowest BCUT2D eigenvalue weighted by molar-refractivity contribution is -0.136. The summed E-state index contributed by atoms with van der Waals surface area (Å²) in [6.07, 6.45) is 0.595. The summed E-state index contributed by atoms with van der Waals surface area (Å²) in [4.78, 5) is 48.2. The van der Waals surface area contributed by atoms with Crippen LogP contribution in [0.4, 0.5) is 0 Å². The van der Waals surface area contributed by atoms with E-state index in [9.17, 15) is 19.2 Å². The number of piperidine rings is 1. The van der Waals surface area contributed by atoms with Crippen molar-refractivity contribution in [2.45, 2.75) is 12.8 Å². The third-order valence-corrected chi connectivity index (χ3v) is 3.63. The summed E-state index contributed by atoms with van der Waals surface area (Å²) in [5.41, 5.74) is 0.731. The molecule has 2 aliphatic heterocycles. The van der Waals surface area contributed by atoms with E-state index in [-0.39, 0.29) is 30.7 Å². The second-order valence-corrected chi connectivity index (χ2v) is 4.91. The van der Waals surface area contributed by atoms with Gasteiger partial charge in [-0.1, -0.05) is 12.1 Å². The van der Waals surface area contributed by atoms with Crippen molar-refractivity contribution >= 4 is 23.6 Å². The molecule has 1 aromatic rings. The van der Waals surface area contributed by atoms with Gasteiger partial charge in [-0.3, -0.25) is 29.4 Å². The Labute approximate surface area is 114 Å². The number of imide groups is 2. The molecule has 0 radical (unpaired) electrons. The van der Waals surface area contributed by atoms with Crippen LogP contribution >= 0.6 is 0 Å². The Hall–Kier alpha value is -2.50. The van der Waals surface area contributed by atoms with Crippen LogP contribution in [0.15, 0.2) is 24.3 Å². The van der Waals surface area contributed by atoms with Crippen LogP contribution in [0.1, 0.15) is 33.6 Å². The van der Waals surface area contributed by atoms with E-state index in [1.807, 2.05) is 0 Å². The Morgan fingerprint density at radius 3 is 2.20 bits per heavy atom. The van der Waals surface area contributed by atoms with Crippen molar-refractivity contribution in [3.63, 3.8) is 0 Å². The van der Waals surface area contributed by atoms with Gasteiger partial charge in [0.15, 0.2) is 0 Å². The standard InChI is InChI=1S/C14H12N2O4/c17-11-6-5-8(12(18)15-11)7-16-13(19)9-3-1-2-4-10(9)14(16)20/h1-4,8H,5-7H2,(H,15,17,18). The lowest BCUT2D eigenvalue weighted by Gasteiger charge is -2.24. The number of hydrogen-bond acceptors (Lipinski definition) is 4. The predicted octanol–water partition coefficient (Wildman–Crippen LogP) is 0.335. The first-order chi connectivity index (χ1) is 9.58. The third kappa shape index (κ3) is 1.89. The molecule has 3 rings (SSSR count). The molecule has 1 unspecified atom stereocenters. The smallest absolute Gasteiger partial charge is 0.261 e. The van der Waals surface area contributed by atoms with Crippen LogP contribution in [-0.2, 0) is 9.59 Å². The SMILES string of the molecule is O=C1CCC(CN2C(=O)c3ccccc3C2=O)C(=O)N1. The monoisotopic (exact) mass is 272 g/mol. The number of fused-ring (bicyclic) bond motifs is 1. The maximum Gasteiger partial charge on any atom is 0.261 e. The summed E-state index contributed by atoms with van der Waals surface area (Å²) >= 11 is 0. The minimum Gasteiger partial charge on any atom is -0.296 e. The quantitative estimate of drug-likeness (QED) is 0.787. The molecule has 6 nitrogen and oxygen atoms in total. The van der Waals surface area contributed by atoms with E-state index in [2.05, 4.69) is 5.32 Å². The van der Waals surface area contributed by atoms with Crippen molar-refractivity contribution in [3.8, 4) is 0 Å². The van der Waals surface area contributed by atoms with Gasteiger partial charge < -0.3 is 0 Å². The lowest BCUT2D eigenvalue weighted by atomic mass is 9.97. The molecule has 20 heavy (non-hydrogen) atoms. The van der Waals surface area contributed by atoms with Crippen molar-refractivity contribution in [3.05, 3.63) is 35.4 Å². The molecule has 0 bridgehead atoms. The van der Waals surface area contributed by atoms with Gasteiger partial charge in [-0.25, -0.2) is 0 Å². The molecule has 0 aliphatic carbocycles. The number of nitrogens with zero attached hydrogens (tertiary/aromatic N) is 1. The normalized spacial score (nSPS) is 22.0. The first-order valence-electron chi connectivity index (χ1n) is 6.37. The van der Waals surface area contributed by atoms with Gasteiger partial charge in [0.1, 0.15) is 0 Å². The zero-order chi connectivity index (χ0) is 14.3. The van der Waals surface area contributed by atoms with Crippen molar-refractivity contribution in [2.75, 3.05) is 6.54 Å². The molecule has 4 amide bonds. The molecule has 2 heterocycles. The zero-order valence-corrected chi connectivity index (χ0v) is 10.6. The molecule has 1 N–H and O–H groups in total. The zero-order valence-electron chi connectivity index (χ0n) is 10.6. The van der Waals surface area contributed by atoms with Gasteiger partial charge in [-0.05, 0) is 18.6 Å².